The standard InChI is InChI=1S/C17H21ClN4O2/c1-21-7-6-20-16(21)15-10-19-5-8-22(15)11-13-9-12(17(23)24-2)3-4-14(13)18/h3-4,6-7,9,15,19H,5,8,10-11H2,1-2H3. The topological polar surface area (TPSA) is 59.4 Å². The lowest BCUT2D eigenvalue weighted by atomic mass is 10.1. The number of hydrogen-bond acceptors (Lipinski definition) is 5. The highest BCUT2D eigenvalue weighted by molar-refractivity contribution is 6.31. The number of piperazine rings is 1. The maximum atomic E-state index is 11.8. The van der Waals surface area contributed by atoms with Crippen LogP contribution in [0.1, 0.15) is 27.8 Å². The predicted molar refractivity (Wildman–Crippen MR) is 92.0 cm³/mol. The minimum absolute atomic E-state index is 0.164. The number of ether oxygens (including phenoxy) is 1. The molecule has 1 aliphatic rings. The van der Waals surface area contributed by atoms with Crippen molar-refractivity contribution in [1.29, 1.82) is 0 Å². The summed E-state index contributed by atoms with van der Waals surface area (Å²) in [7, 11) is 3.38. The van der Waals surface area contributed by atoms with Crippen LogP contribution in [0.2, 0.25) is 5.02 Å². The number of benzene rings is 1. The van der Waals surface area contributed by atoms with Gasteiger partial charge in [0.1, 0.15) is 5.82 Å². The number of nitrogens with zero attached hydrogens (tertiary/aromatic N) is 3. The Morgan fingerprint density at radius 1 is 1.50 bits per heavy atom. The van der Waals surface area contributed by atoms with Gasteiger partial charge < -0.3 is 14.6 Å². The summed E-state index contributed by atoms with van der Waals surface area (Å²) in [5.74, 6) is 0.663. The molecule has 1 aromatic carbocycles. The fourth-order valence-electron chi connectivity index (χ4n) is 3.05. The van der Waals surface area contributed by atoms with E-state index in [9.17, 15) is 4.79 Å². The molecule has 128 valence electrons. The molecule has 1 fully saturated rings. The van der Waals surface area contributed by atoms with E-state index < -0.39 is 0 Å². The summed E-state index contributed by atoms with van der Waals surface area (Å²) < 4.78 is 6.84. The Morgan fingerprint density at radius 2 is 2.33 bits per heavy atom. The van der Waals surface area contributed by atoms with Gasteiger partial charge in [-0.1, -0.05) is 11.6 Å². The number of hydrogen-bond donors (Lipinski definition) is 1. The fourth-order valence-corrected chi connectivity index (χ4v) is 3.23. The fraction of sp³-hybridized carbons (Fsp3) is 0.412. The van der Waals surface area contributed by atoms with Crippen molar-refractivity contribution in [3.8, 4) is 0 Å². The second-order valence-corrected chi connectivity index (χ2v) is 6.29. The number of aromatic nitrogens is 2. The molecular formula is C17H21ClN4O2. The SMILES string of the molecule is COC(=O)c1ccc(Cl)c(CN2CCNCC2c2nccn2C)c1. The van der Waals surface area contributed by atoms with Gasteiger partial charge in [0, 0.05) is 50.6 Å². The molecule has 7 heteroatoms. The van der Waals surface area contributed by atoms with Crippen molar-refractivity contribution in [2.45, 2.75) is 12.6 Å². The van der Waals surface area contributed by atoms with Crippen LogP contribution < -0.4 is 5.32 Å². The van der Waals surface area contributed by atoms with Crippen LogP contribution in [0.3, 0.4) is 0 Å². The minimum atomic E-state index is -0.353. The molecule has 1 N–H and O–H groups in total. The normalized spacial score (nSPS) is 18.5. The van der Waals surface area contributed by atoms with Crippen LogP contribution >= 0.6 is 11.6 Å². The lowest BCUT2D eigenvalue weighted by molar-refractivity contribution is 0.0600. The third-order valence-electron chi connectivity index (χ3n) is 4.35. The summed E-state index contributed by atoms with van der Waals surface area (Å²) in [4.78, 5) is 18.6. The number of aryl methyl sites for hydroxylation is 1. The van der Waals surface area contributed by atoms with E-state index in [1.807, 2.05) is 30.1 Å². The molecule has 2 heterocycles. The van der Waals surface area contributed by atoms with E-state index in [0.29, 0.717) is 17.1 Å². The van der Waals surface area contributed by atoms with E-state index in [0.717, 1.165) is 31.0 Å². The second-order valence-electron chi connectivity index (χ2n) is 5.88. The molecule has 0 saturated carbocycles. The molecule has 3 rings (SSSR count). The quantitative estimate of drug-likeness (QED) is 0.856. The first-order chi connectivity index (χ1) is 11.6. The van der Waals surface area contributed by atoms with Crippen LogP contribution in [-0.4, -0.2) is 47.2 Å². The van der Waals surface area contributed by atoms with Gasteiger partial charge in [-0.3, -0.25) is 4.90 Å². The van der Waals surface area contributed by atoms with Crippen molar-refractivity contribution in [3.63, 3.8) is 0 Å². The Hall–Kier alpha value is -1.89. The molecule has 1 aromatic heterocycles. The lowest BCUT2D eigenvalue weighted by Gasteiger charge is -2.36. The van der Waals surface area contributed by atoms with Gasteiger partial charge in [-0.25, -0.2) is 9.78 Å². The number of imidazole rings is 1. The number of carbonyl (C=O) groups is 1. The molecule has 1 saturated heterocycles. The van der Waals surface area contributed by atoms with E-state index in [-0.39, 0.29) is 12.0 Å². The first kappa shape index (κ1) is 17.0. The van der Waals surface area contributed by atoms with E-state index >= 15 is 0 Å². The van der Waals surface area contributed by atoms with E-state index in [2.05, 4.69) is 15.2 Å². The first-order valence-corrected chi connectivity index (χ1v) is 8.26. The van der Waals surface area contributed by atoms with E-state index in [1.165, 1.54) is 7.11 Å². The third-order valence-corrected chi connectivity index (χ3v) is 4.72. The van der Waals surface area contributed by atoms with Gasteiger partial charge in [0.05, 0.1) is 18.7 Å². The molecule has 1 atom stereocenters. The maximum Gasteiger partial charge on any atom is 0.337 e. The van der Waals surface area contributed by atoms with Crippen molar-refractivity contribution >= 4 is 17.6 Å². The van der Waals surface area contributed by atoms with Gasteiger partial charge in [0.2, 0.25) is 0 Å². The Bertz CT molecular complexity index is 731. The molecular weight excluding hydrogens is 328 g/mol. The average Bonchev–Trinajstić information content (AvgIpc) is 3.02. The van der Waals surface area contributed by atoms with Gasteiger partial charge in [0.25, 0.3) is 0 Å². The molecule has 1 unspecified atom stereocenters. The van der Waals surface area contributed by atoms with Crippen molar-refractivity contribution in [2.24, 2.45) is 7.05 Å². The highest BCUT2D eigenvalue weighted by Crippen LogP contribution is 2.26. The van der Waals surface area contributed by atoms with Crippen LogP contribution in [0, 0.1) is 0 Å². The molecule has 0 radical (unpaired) electrons. The third kappa shape index (κ3) is 3.45. The zero-order valence-corrected chi connectivity index (χ0v) is 14.6. The Labute approximate surface area is 146 Å². The molecule has 2 aromatic rings. The highest BCUT2D eigenvalue weighted by Gasteiger charge is 2.27. The summed E-state index contributed by atoms with van der Waals surface area (Å²) in [5.41, 5.74) is 1.43. The van der Waals surface area contributed by atoms with E-state index in [4.69, 9.17) is 16.3 Å². The van der Waals surface area contributed by atoms with Gasteiger partial charge in [-0.15, -0.1) is 0 Å². The van der Waals surface area contributed by atoms with Crippen LogP contribution in [0.25, 0.3) is 0 Å². The molecule has 0 bridgehead atoms. The van der Waals surface area contributed by atoms with Crippen LogP contribution in [-0.2, 0) is 18.3 Å². The van der Waals surface area contributed by atoms with Crippen molar-refractivity contribution < 1.29 is 9.53 Å². The molecule has 0 amide bonds. The van der Waals surface area contributed by atoms with Gasteiger partial charge >= 0.3 is 5.97 Å². The lowest BCUT2D eigenvalue weighted by Crippen LogP contribution is -2.46. The molecule has 0 aliphatic carbocycles. The first-order valence-electron chi connectivity index (χ1n) is 7.89. The monoisotopic (exact) mass is 348 g/mol. The van der Waals surface area contributed by atoms with Gasteiger partial charge in [-0.05, 0) is 23.8 Å². The summed E-state index contributed by atoms with van der Waals surface area (Å²) in [6.07, 6.45) is 3.76. The summed E-state index contributed by atoms with van der Waals surface area (Å²) in [5, 5.41) is 4.07. The van der Waals surface area contributed by atoms with Gasteiger partial charge in [0.15, 0.2) is 0 Å². The molecule has 6 nitrogen and oxygen atoms in total. The summed E-state index contributed by atoms with van der Waals surface area (Å²) in [6, 6.07) is 5.41. The molecule has 0 spiro atoms. The molecule has 1 aliphatic heterocycles. The van der Waals surface area contributed by atoms with Crippen molar-refractivity contribution in [2.75, 3.05) is 26.7 Å². The summed E-state index contributed by atoms with van der Waals surface area (Å²) in [6.45, 7) is 3.29. The number of carbonyl (C=O) groups excluding carboxylic acids is 1. The highest BCUT2D eigenvalue weighted by atomic mass is 35.5. The van der Waals surface area contributed by atoms with Crippen molar-refractivity contribution in [1.82, 2.24) is 19.8 Å². The van der Waals surface area contributed by atoms with Crippen LogP contribution in [0.15, 0.2) is 30.6 Å². The Morgan fingerprint density at radius 3 is 3.04 bits per heavy atom. The largest absolute Gasteiger partial charge is 0.465 e. The maximum absolute atomic E-state index is 11.8. The van der Waals surface area contributed by atoms with Gasteiger partial charge in [-0.2, -0.15) is 0 Å². The Kier molecular flexibility index (Phi) is 5.18. The number of rotatable bonds is 4. The molecule has 24 heavy (non-hydrogen) atoms. The second kappa shape index (κ2) is 7.34. The smallest absolute Gasteiger partial charge is 0.337 e. The predicted octanol–water partition coefficient (Wildman–Crippen LogP) is 2.01. The number of esters is 1. The zero-order chi connectivity index (χ0) is 17.1. The van der Waals surface area contributed by atoms with Crippen LogP contribution in [0.4, 0.5) is 0 Å². The Balaban J connectivity index is 1.85. The van der Waals surface area contributed by atoms with Crippen molar-refractivity contribution in [3.05, 3.63) is 52.6 Å². The van der Waals surface area contributed by atoms with E-state index in [1.54, 1.807) is 12.1 Å². The summed E-state index contributed by atoms with van der Waals surface area (Å²) >= 11 is 6.35. The zero-order valence-electron chi connectivity index (χ0n) is 13.8. The average molecular weight is 349 g/mol. The van der Waals surface area contributed by atoms with Crippen LogP contribution in [0.5, 0.6) is 0 Å². The number of halogens is 1. The number of methoxy groups -OCH3 is 1. The number of nitrogens with one attached hydrogen (secondary N) is 1. The minimum Gasteiger partial charge on any atom is -0.465 e.